The third-order valence-electron chi connectivity index (χ3n) is 6.69. The number of likely N-dealkylation sites (tertiary alicyclic amines) is 1. The number of carbonyl (C=O) groups is 1. The quantitative estimate of drug-likeness (QED) is 0.325. The fourth-order valence-corrected chi connectivity index (χ4v) is 5.75. The Bertz CT molecular complexity index is 1590. The molecule has 5 aromatic rings. The average molecular weight is 542 g/mol. The fourth-order valence-electron chi connectivity index (χ4n) is 4.80. The minimum atomic E-state index is -0.899. The van der Waals surface area contributed by atoms with E-state index in [0.717, 1.165) is 29.1 Å². The molecule has 1 aliphatic heterocycles. The van der Waals surface area contributed by atoms with Gasteiger partial charge in [0.2, 0.25) is 5.89 Å². The van der Waals surface area contributed by atoms with Crippen LogP contribution in [0.2, 0.25) is 0 Å². The molecule has 198 valence electrons. The van der Waals surface area contributed by atoms with E-state index in [-0.39, 0.29) is 23.7 Å². The number of aryl methyl sites for hydroxylation is 1. The van der Waals surface area contributed by atoms with Crippen molar-refractivity contribution in [2.24, 2.45) is 5.73 Å². The van der Waals surface area contributed by atoms with E-state index < -0.39 is 5.54 Å². The molecule has 6 rings (SSSR count). The van der Waals surface area contributed by atoms with Gasteiger partial charge in [-0.05, 0) is 50.8 Å². The van der Waals surface area contributed by atoms with Gasteiger partial charge in [-0.3, -0.25) is 4.79 Å². The molecule has 2 unspecified atom stereocenters. The lowest BCUT2D eigenvalue weighted by molar-refractivity contribution is 0.0735. The molecule has 0 saturated carbocycles. The van der Waals surface area contributed by atoms with Gasteiger partial charge in [0.05, 0.1) is 11.6 Å². The van der Waals surface area contributed by atoms with E-state index in [2.05, 4.69) is 30.2 Å². The van der Waals surface area contributed by atoms with Crippen LogP contribution in [0.4, 0.5) is 0 Å². The molecule has 1 saturated heterocycles. The fraction of sp³-hybridized carbons (Fsp3) is 0.296. The van der Waals surface area contributed by atoms with Crippen molar-refractivity contribution < 1.29 is 9.21 Å². The molecular weight excluding hydrogens is 514 g/mol. The molecule has 0 bridgehead atoms. The number of benzene rings is 1. The summed E-state index contributed by atoms with van der Waals surface area (Å²) in [6, 6.07) is 13.2. The second kappa shape index (κ2) is 10.1. The van der Waals surface area contributed by atoms with Gasteiger partial charge in [-0.25, -0.2) is 19.6 Å². The van der Waals surface area contributed by atoms with Gasteiger partial charge in [-0.2, -0.15) is 5.10 Å². The van der Waals surface area contributed by atoms with Gasteiger partial charge in [-0.15, -0.1) is 21.5 Å². The van der Waals surface area contributed by atoms with Gasteiger partial charge in [-0.1, -0.05) is 30.3 Å². The Morgan fingerprint density at radius 2 is 2.05 bits per heavy atom. The standard InChI is InChI=1S/C27H27N9O2S/c1-17-14-39-24(31-17)21-9-6-10-35(21)25(37)19-11-20(32-22(12-19)36-16-29-15-30-36)23-33-34-26(38-23)27(2,28)13-18-7-4-3-5-8-18/h3-5,7-8,11-12,14-16,21H,6,9-10,13,28H2,1-2H3. The largest absolute Gasteiger partial charge is 0.417 e. The van der Waals surface area contributed by atoms with Crippen molar-refractivity contribution in [3.05, 3.63) is 88.2 Å². The highest BCUT2D eigenvalue weighted by Crippen LogP contribution is 2.35. The van der Waals surface area contributed by atoms with Gasteiger partial charge in [0.15, 0.2) is 5.82 Å². The monoisotopic (exact) mass is 541 g/mol. The van der Waals surface area contributed by atoms with Crippen LogP contribution in [0.1, 0.15) is 58.3 Å². The number of aromatic nitrogens is 7. The lowest BCUT2D eigenvalue weighted by atomic mass is 9.94. The van der Waals surface area contributed by atoms with E-state index in [0.29, 0.717) is 30.0 Å². The first kappa shape index (κ1) is 25.0. The molecule has 0 radical (unpaired) electrons. The molecule has 5 heterocycles. The third-order valence-corrected chi connectivity index (χ3v) is 7.76. The highest BCUT2D eigenvalue weighted by atomic mass is 32.1. The van der Waals surface area contributed by atoms with Crippen LogP contribution in [0.25, 0.3) is 17.4 Å². The Morgan fingerprint density at radius 3 is 2.79 bits per heavy atom. The van der Waals surface area contributed by atoms with E-state index in [4.69, 9.17) is 10.2 Å². The minimum Gasteiger partial charge on any atom is -0.417 e. The van der Waals surface area contributed by atoms with E-state index in [1.54, 1.807) is 23.5 Å². The summed E-state index contributed by atoms with van der Waals surface area (Å²) < 4.78 is 7.54. The molecule has 1 amide bonds. The van der Waals surface area contributed by atoms with E-state index in [1.807, 2.05) is 54.5 Å². The number of carbonyl (C=O) groups excluding carboxylic acids is 1. The average Bonchev–Trinajstić information content (AvgIpc) is 3.74. The van der Waals surface area contributed by atoms with Gasteiger partial charge in [0, 0.05) is 23.2 Å². The topological polar surface area (TPSA) is 142 Å². The van der Waals surface area contributed by atoms with Crippen molar-refractivity contribution in [3.8, 4) is 17.4 Å². The molecule has 0 aliphatic carbocycles. The normalized spacial score (nSPS) is 16.9. The van der Waals surface area contributed by atoms with Gasteiger partial charge in [0.25, 0.3) is 11.8 Å². The smallest absolute Gasteiger partial charge is 0.266 e. The molecule has 2 atom stereocenters. The third kappa shape index (κ3) is 5.08. The summed E-state index contributed by atoms with van der Waals surface area (Å²) in [6.07, 6.45) is 5.22. The number of amides is 1. The van der Waals surface area contributed by atoms with E-state index >= 15 is 0 Å². The predicted molar refractivity (Wildman–Crippen MR) is 144 cm³/mol. The van der Waals surface area contributed by atoms with Crippen molar-refractivity contribution >= 4 is 17.2 Å². The Labute approximate surface area is 228 Å². The molecule has 2 N–H and O–H groups in total. The second-order valence-corrected chi connectivity index (χ2v) is 10.8. The second-order valence-electron chi connectivity index (χ2n) is 9.92. The van der Waals surface area contributed by atoms with Crippen molar-refractivity contribution in [1.29, 1.82) is 0 Å². The Hall–Kier alpha value is -4.29. The van der Waals surface area contributed by atoms with Crippen LogP contribution in [0.15, 0.2) is 64.9 Å². The number of nitrogens with zero attached hydrogens (tertiary/aromatic N) is 8. The molecule has 1 aliphatic rings. The SMILES string of the molecule is Cc1csc(C2CCCN2C(=O)c2cc(-c3nnc(C(C)(N)Cc4ccccc4)o3)nc(-n3cncn3)c2)n1. The van der Waals surface area contributed by atoms with Crippen LogP contribution < -0.4 is 5.73 Å². The van der Waals surface area contributed by atoms with Gasteiger partial charge in [0.1, 0.15) is 23.4 Å². The van der Waals surface area contributed by atoms with Crippen molar-refractivity contribution in [2.75, 3.05) is 6.54 Å². The molecule has 4 aromatic heterocycles. The Balaban J connectivity index is 1.35. The molecule has 12 heteroatoms. The molecular formula is C27H27N9O2S. The van der Waals surface area contributed by atoms with Crippen LogP contribution in [0, 0.1) is 6.92 Å². The number of thiazole rings is 1. The summed E-state index contributed by atoms with van der Waals surface area (Å²) in [5, 5.41) is 15.6. The van der Waals surface area contributed by atoms with Crippen LogP contribution in [0.5, 0.6) is 0 Å². The molecule has 1 aromatic carbocycles. The zero-order valence-corrected chi connectivity index (χ0v) is 22.4. The van der Waals surface area contributed by atoms with E-state index in [9.17, 15) is 4.79 Å². The number of hydrogen-bond acceptors (Lipinski definition) is 10. The number of hydrogen-bond donors (Lipinski definition) is 1. The van der Waals surface area contributed by atoms with Crippen LogP contribution >= 0.6 is 11.3 Å². The van der Waals surface area contributed by atoms with Crippen LogP contribution in [-0.4, -0.2) is 52.3 Å². The van der Waals surface area contributed by atoms with Crippen molar-refractivity contribution in [3.63, 3.8) is 0 Å². The summed E-state index contributed by atoms with van der Waals surface area (Å²) in [7, 11) is 0. The highest BCUT2D eigenvalue weighted by Gasteiger charge is 2.34. The van der Waals surface area contributed by atoms with Crippen molar-refractivity contribution in [2.45, 2.75) is 44.7 Å². The maximum atomic E-state index is 13.9. The lowest BCUT2D eigenvalue weighted by Crippen LogP contribution is -2.35. The first-order valence-electron chi connectivity index (χ1n) is 12.6. The number of nitrogens with two attached hydrogens (primary N) is 1. The zero-order chi connectivity index (χ0) is 27.0. The summed E-state index contributed by atoms with van der Waals surface area (Å²) in [4.78, 5) is 29.1. The van der Waals surface area contributed by atoms with Gasteiger partial charge < -0.3 is 15.1 Å². The first-order valence-corrected chi connectivity index (χ1v) is 13.5. The Kier molecular flexibility index (Phi) is 6.49. The molecule has 39 heavy (non-hydrogen) atoms. The molecule has 1 fully saturated rings. The number of pyridine rings is 1. The lowest BCUT2D eigenvalue weighted by Gasteiger charge is -2.23. The van der Waals surface area contributed by atoms with Gasteiger partial charge >= 0.3 is 0 Å². The van der Waals surface area contributed by atoms with Crippen LogP contribution in [0.3, 0.4) is 0 Å². The van der Waals surface area contributed by atoms with E-state index in [1.165, 1.54) is 17.3 Å². The maximum absolute atomic E-state index is 13.9. The minimum absolute atomic E-state index is 0.0615. The molecule has 11 nitrogen and oxygen atoms in total. The number of rotatable bonds is 7. The summed E-state index contributed by atoms with van der Waals surface area (Å²) in [5.74, 6) is 0.733. The zero-order valence-electron chi connectivity index (χ0n) is 21.6. The van der Waals surface area contributed by atoms with Crippen molar-refractivity contribution in [1.82, 2.24) is 39.8 Å². The summed E-state index contributed by atoms with van der Waals surface area (Å²) in [5.41, 5.74) is 8.49. The Morgan fingerprint density at radius 1 is 1.21 bits per heavy atom. The first-order chi connectivity index (χ1) is 18.9. The summed E-state index contributed by atoms with van der Waals surface area (Å²) in [6.45, 7) is 4.46. The van der Waals surface area contributed by atoms with Crippen LogP contribution in [-0.2, 0) is 12.0 Å². The molecule has 0 spiro atoms. The maximum Gasteiger partial charge on any atom is 0.266 e. The summed E-state index contributed by atoms with van der Waals surface area (Å²) >= 11 is 1.58. The predicted octanol–water partition coefficient (Wildman–Crippen LogP) is 3.87. The highest BCUT2D eigenvalue weighted by molar-refractivity contribution is 7.09.